The van der Waals surface area contributed by atoms with Gasteiger partial charge in [0.2, 0.25) is 11.6 Å². The molecular weight excluding hydrogens is 350 g/mol. The molecule has 0 saturated heterocycles. The molecule has 2 heterocycles. The molecule has 2 aromatic rings. The van der Waals surface area contributed by atoms with Gasteiger partial charge in [0.25, 0.3) is 0 Å². The number of nitrogens with one attached hydrogen (secondary N) is 1. The summed E-state index contributed by atoms with van der Waals surface area (Å²) in [5.41, 5.74) is 6.60. The highest BCUT2D eigenvalue weighted by molar-refractivity contribution is 5.88. The van der Waals surface area contributed by atoms with E-state index in [0.29, 0.717) is 12.2 Å². The highest BCUT2D eigenvalue weighted by Crippen LogP contribution is 2.16. The Morgan fingerprint density at radius 2 is 1.89 bits per heavy atom. The van der Waals surface area contributed by atoms with E-state index in [2.05, 4.69) is 39.1 Å². The molecule has 2 rings (SSSR count). The van der Waals surface area contributed by atoms with Crippen LogP contribution < -0.4 is 10.6 Å². The molecule has 150 valence electrons. The fraction of sp³-hybridized carbons (Fsp3) is 0.706. The monoisotopic (exact) mass is 380 g/mol. The van der Waals surface area contributed by atoms with Crippen LogP contribution in [0, 0.1) is 0 Å². The Morgan fingerprint density at radius 1 is 1.22 bits per heavy atom. The summed E-state index contributed by atoms with van der Waals surface area (Å²) in [6.07, 6.45) is 4.16. The van der Waals surface area contributed by atoms with Gasteiger partial charge in [-0.3, -0.25) is 0 Å². The number of rotatable bonds is 11. The molecule has 0 amide bonds. The van der Waals surface area contributed by atoms with Crippen LogP contribution in [-0.4, -0.2) is 50.5 Å². The Morgan fingerprint density at radius 3 is 2.41 bits per heavy atom. The van der Waals surface area contributed by atoms with E-state index in [1.54, 1.807) is 13.8 Å². The predicted molar refractivity (Wildman–Crippen MR) is 98.4 cm³/mol. The van der Waals surface area contributed by atoms with Gasteiger partial charge in [0.1, 0.15) is 12.2 Å². The first kappa shape index (κ1) is 20.8. The Hall–Kier alpha value is -2.49. The van der Waals surface area contributed by atoms with Crippen molar-refractivity contribution in [1.82, 2.24) is 25.3 Å². The Kier molecular flexibility index (Phi) is 7.71. The molecule has 0 aromatic carbocycles. The summed E-state index contributed by atoms with van der Waals surface area (Å²) in [7, 11) is 0. The van der Waals surface area contributed by atoms with Crippen molar-refractivity contribution in [1.29, 1.82) is 0 Å². The minimum atomic E-state index is -0.508. The second-order valence-electron chi connectivity index (χ2n) is 6.86. The van der Waals surface area contributed by atoms with E-state index < -0.39 is 5.97 Å². The van der Waals surface area contributed by atoms with Crippen molar-refractivity contribution in [2.24, 2.45) is 0 Å². The second kappa shape index (κ2) is 10.0. The molecule has 0 spiro atoms. The van der Waals surface area contributed by atoms with Gasteiger partial charge in [-0.15, -0.1) is 5.10 Å². The zero-order valence-corrected chi connectivity index (χ0v) is 16.6. The number of esters is 1. The van der Waals surface area contributed by atoms with Gasteiger partial charge in [0, 0.05) is 0 Å². The normalized spacial score (nSPS) is 11.5. The minimum Gasteiger partial charge on any atom is -0.458 e. The van der Waals surface area contributed by atoms with Gasteiger partial charge in [-0.05, 0) is 37.0 Å². The third-order valence-corrected chi connectivity index (χ3v) is 4.18. The van der Waals surface area contributed by atoms with Crippen LogP contribution in [0.25, 0.3) is 5.82 Å². The number of carbonyl (C=O) groups is 1. The highest BCUT2D eigenvalue weighted by Gasteiger charge is 2.28. The van der Waals surface area contributed by atoms with Crippen LogP contribution >= 0.6 is 0 Å². The van der Waals surface area contributed by atoms with Gasteiger partial charge >= 0.3 is 5.97 Å². The molecule has 3 N–H and O–H groups in total. The third-order valence-electron chi connectivity index (χ3n) is 4.18. The van der Waals surface area contributed by atoms with Gasteiger partial charge in [-0.1, -0.05) is 31.9 Å². The quantitative estimate of drug-likeness (QED) is 0.548. The van der Waals surface area contributed by atoms with Crippen LogP contribution in [0.1, 0.15) is 69.6 Å². The maximum absolute atomic E-state index is 12.5. The fourth-order valence-corrected chi connectivity index (χ4v) is 2.79. The lowest BCUT2D eigenvalue weighted by molar-refractivity contribution is -0.914. The molecule has 0 aliphatic carbocycles. The summed E-state index contributed by atoms with van der Waals surface area (Å²) in [6, 6.07) is 0. The van der Waals surface area contributed by atoms with E-state index in [0.717, 1.165) is 38.8 Å². The van der Waals surface area contributed by atoms with Crippen LogP contribution in [0.2, 0.25) is 0 Å². The van der Waals surface area contributed by atoms with Crippen molar-refractivity contribution in [2.45, 2.75) is 66.0 Å². The molecule has 0 aliphatic heterocycles. The number of hydrogen-bond acceptors (Lipinski definition) is 8. The molecule has 10 heteroatoms. The SMILES string of the molecule is CCCC[NH+](CCCC)Cc1c(C(=O)OC(C)C)nnn1-c1nonc1N. The van der Waals surface area contributed by atoms with Crippen molar-refractivity contribution < 1.29 is 19.1 Å². The first-order chi connectivity index (χ1) is 13.0. The van der Waals surface area contributed by atoms with Crippen molar-refractivity contribution >= 4 is 11.8 Å². The highest BCUT2D eigenvalue weighted by atomic mass is 16.6. The predicted octanol–water partition coefficient (Wildman–Crippen LogP) is 0.783. The maximum Gasteiger partial charge on any atom is 0.361 e. The number of unbranched alkanes of at least 4 members (excludes halogenated alkanes) is 2. The van der Waals surface area contributed by atoms with E-state index >= 15 is 0 Å². The summed E-state index contributed by atoms with van der Waals surface area (Å²) in [6.45, 7) is 10.5. The van der Waals surface area contributed by atoms with E-state index in [1.165, 1.54) is 9.58 Å². The lowest BCUT2D eigenvalue weighted by Crippen LogP contribution is -3.10. The molecule has 0 aliphatic rings. The average Bonchev–Trinajstić information content (AvgIpc) is 3.22. The van der Waals surface area contributed by atoms with Crippen molar-refractivity contribution in [3.05, 3.63) is 11.4 Å². The van der Waals surface area contributed by atoms with Gasteiger partial charge in [0.05, 0.1) is 19.2 Å². The van der Waals surface area contributed by atoms with Gasteiger partial charge in [-0.25, -0.2) is 9.42 Å². The molecule has 0 radical (unpaired) electrons. The van der Waals surface area contributed by atoms with E-state index in [1.807, 2.05) is 0 Å². The van der Waals surface area contributed by atoms with Gasteiger partial charge in [-0.2, -0.15) is 4.68 Å². The molecule has 0 unspecified atom stereocenters. The third kappa shape index (κ3) is 5.49. The number of anilines is 1. The molecule has 0 atom stereocenters. The molecule has 27 heavy (non-hydrogen) atoms. The van der Waals surface area contributed by atoms with Crippen molar-refractivity contribution in [3.8, 4) is 5.82 Å². The summed E-state index contributed by atoms with van der Waals surface area (Å²) < 4.78 is 11.4. The molecular formula is C17H30N7O3+. The topological polar surface area (TPSA) is 126 Å². The lowest BCUT2D eigenvalue weighted by Gasteiger charge is -2.19. The van der Waals surface area contributed by atoms with E-state index in [4.69, 9.17) is 10.5 Å². The number of quaternary nitrogens is 1. The number of ether oxygens (including phenoxy) is 1. The number of aromatic nitrogens is 5. The Bertz CT molecular complexity index is 718. The molecule has 0 saturated carbocycles. The number of hydrogen-bond donors (Lipinski definition) is 2. The standard InChI is InChI=1S/C17H29N7O3/c1-5-7-9-23(10-8-6-2)11-13-14(17(25)26-12(3)4)19-22-24(13)16-15(18)20-27-21-16/h12H,5-11H2,1-4H3,(H2,18,20)/p+1. The van der Waals surface area contributed by atoms with E-state index in [-0.39, 0.29) is 23.4 Å². The van der Waals surface area contributed by atoms with Crippen LogP contribution in [0.15, 0.2) is 4.63 Å². The summed E-state index contributed by atoms with van der Waals surface area (Å²) in [5.74, 6) is -0.188. The zero-order valence-electron chi connectivity index (χ0n) is 16.6. The maximum atomic E-state index is 12.5. The van der Waals surface area contributed by atoms with Gasteiger partial charge < -0.3 is 15.4 Å². The number of nitrogens with zero attached hydrogens (tertiary/aromatic N) is 5. The smallest absolute Gasteiger partial charge is 0.361 e. The summed E-state index contributed by atoms with van der Waals surface area (Å²) >= 11 is 0. The van der Waals surface area contributed by atoms with Crippen LogP contribution in [0.5, 0.6) is 0 Å². The molecule has 2 aromatic heterocycles. The Labute approximate surface area is 159 Å². The number of nitrogens with two attached hydrogens (primary N) is 1. The fourth-order valence-electron chi connectivity index (χ4n) is 2.79. The van der Waals surface area contributed by atoms with Crippen molar-refractivity contribution in [3.63, 3.8) is 0 Å². The van der Waals surface area contributed by atoms with Crippen LogP contribution in [0.3, 0.4) is 0 Å². The zero-order chi connectivity index (χ0) is 19.8. The van der Waals surface area contributed by atoms with Crippen molar-refractivity contribution in [2.75, 3.05) is 18.8 Å². The average molecular weight is 380 g/mol. The Balaban J connectivity index is 2.37. The lowest BCUT2D eigenvalue weighted by atomic mass is 10.2. The largest absolute Gasteiger partial charge is 0.458 e. The minimum absolute atomic E-state index is 0.0913. The summed E-state index contributed by atoms with van der Waals surface area (Å²) in [4.78, 5) is 13.9. The molecule has 0 bridgehead atoms. The molecule has 0 fully saturated rings. The molecule has 10 nitrogen and oxygen atoms in total. The van der Waals surface area contributed by atoms with Crippen LogP contribution in [-0.2, 0) is 11.3 Å². The second-order valence-corrected chi connectivity index (χ2v) is 6.86. The first-order valence-electron chi connectivity index (χ1n) is 9.55. The summed E-state index contributed by atoms with van der Waals surface area (Å²) in [5, 5.41) is 15.5. The van der Waals surface area contributed by atoms with Gasteiger partial charge in [0.15, 0.2) is 5.69 Å². The number of nitrogen functional groups attached to an aromatic ring is 1. The van der Waals surface area contributed by atoms with E-state index in [9.17, 15) is 4.79 Å². The van der Waals surface area contributed by atoms with Crippen LogP contribution in [0.4, 0.5) is 5.82 Å². The first-order valence-corrected chi connectivity index (χ1v) is 9.55. The number of carbonyl (C=O) groups excluding carboxylic acids is 1.